The summed E-state index contributed by atoms with van der Waals surface area (Å²) in [5.41, 5.74) is 6.53. The van der Waals surface area contributed by atoms with Crippen molar-refractivity contribution in [3.05, 3.63) is 94.0 Å². The number of aryl methyl sites for hydroxylation is 4. The van der Waals surface area contributed by atoms with E-state index in [0.29, 0.717) is 47.3 Å². The minimum atomic E-state index is -0.0166. The third-order valence-electron chi connectivity index (χ3n) is 10.1. The van der Waals surface area contributed by atoms with Gasteiger partial charge >= 0.3 is 0 Å². The minimum absolute atomic E-state index is 0.0166. The lowest BCUT2D eigenvalue weighted by Gasteiger charge is -2.27. The predicted octanol–water partition coefficient (Wildman–Crippen LogP) is 7.11. The van der Waals surface area contributed by atoms with Crippen LogP contribution in [-0.4, -0.2) is 80.3 Å². The van der Waals surface area contributed by atoms with Crippen LogP contribution in [0.25, 0.3) is 0 Å². The number of hydrogen-bond acceptors (Lipinski definition) is 10. The van der Waals surface area contributed by atoms with Gasteiger partial charge in [-0.15, -0.1) is 0 Å². The number of methoxy groups -OCH3 is 8. The van der Waals surface area contributed by atoms with Gasteiger partial charge in [0.1, 0.15) is 11.5 Å². The fourth-order valence-corrected chi connectivity index (χ4v) is 7.21. The summed E-state index contributed by atoms with van der Waals surface area (Å²) in [6.45, 7) is 0.137. The topological polar surface area (TPSA) is 114 Å². The summed E-state index contributed by atoms with van der Waals surface area (Å²) in [6, 6.07) is 20.6. The molecule has 54 heavy (non-hydrogen) atoms. The van der Waals surface area contributed by atoms with Gasteiger partial charge in [-0.25, -0.2) is 0 Å². The van der Waals surface area contributed by atoms with Gasteiger partial charge in [0.2, 0.25) is 11.5 Å². The molecule has 0 amide bonds. The van der Waals surface area contributed by atoms with Crippen molar-refractivity contribution in [2.24, 2.45) is 11.8 Å². The van der Waals surface area contributed by atoms with Crippen molar-refractivity contribution in [2.75, 3.05) is 70.1 Å². The molecule has 2 N–H and O–H groups in total. The van der Waals surface area contributed by atoms with Crippen LogP contribution in [0.15, 0.2) is 60.7 Å². The molecule has 4 aromatic rings. The third-order valence-corrected chi connectivity index (χ3v) is 10.1. The van der Waals surface area contributed by atoms with Crippen molar-refractivity contribution in [1.29, 1.82) is 0 Å². The highest BCUT2D eigenvalue weighted by atomic mass is 16.5. The molecule has 0 fully saturated rings. The molecule has 4 aromatic carbocycles. The van der Waals surface area contributed by atoms with Crippen LogP contribution in [0, 0.1) is 11.8 Å². The molecule has 0 aromatic heterocycles. The molecular weight excluding hydrogens is 688 g/mol. The fraction of sp³-hybridized carbons (Fsp3) is 0.455. The van der Waals surface area contributed by atoms with Gasteiger partial charge in [-0.2, -0.15) is 0 Å². The monoisotopic (exact) mass is 746 g/mol. The number of aliphatic hydroxyl groups excluding tert-OH is 2. The van der Waals surface area contributed by atoms with Crippen LogP contribution in [0.5, 0.6) is 46.0 Å². The number of rotatable bonds is 23. The molecular formula is C44H58O10. The first-order chi connectivity index (χ1) is 26.3. The second-order valence-corrected chi connectivity index (χ2v) is 13.3. The summed E-state index contributed by atoms with van der Waals surface area (Å²) in [4.78, 5) is 0. The van der Waals surface area contributed by atoms with Crippen molar-refractivity contribution < 1.29 is 48.1 Å². The second kappa shape index (κ2) is 21.2. The molecule has 4 rings (SSSR count). The van der Waals surface area contributed by atoms with Gasteiger partial charge in [-0.05, 0) is 133 Å². The van der Waals surface area contributed by atoms with Crippen LogP contribution in [-0.2, 0) is 38.5 Å². The highest BCUT2D eigenvalue weighted by molar-refractivity contribution is 5.55. The minimum Gasteiger partial charge on any atom is -0.496 e. The first kappa shape index (κ1) is 41.9. The average Bonchev–Trinajstić information content (AvgIpc) is 3.21. The Morgan fingerprint density at radius 3 is 1.13 bits per heavy atom. The van der Waals surface area contributed by atoms with Gasteiger partial charge in [-0.1, -0.05) is 24.3 Å². The SMILES string of the molecule is COc1cc(C[C@H](CO)[C@@H](CCCO)Cc2ccc(CCc3cc(OC)c(OC)c(OC)c3)c(OC)c2)ccc1CCc1cc(OC)c(OC)c(OC)c1. The van der Waals surface area contributed by atoms with E-state index in [-0.39, 0.29) is 25.0 Å². The zero-order valence-corrected chi connectivity index (χ0v) is 33.2. The molecule has 0 aliphatic rings. The Morgan fingerprint density at radius 1 is 0.426 bits per heavy atom. The predicted molar refractivity (Wildman–Crippen MR) is 211 cm³/mol. The van der Waals surface area contributed by atoms with E-state index in [1.807, 2.05) is 24.3 Å². The molecule has 0 radical (unpaired) electrons. The van der Waals surface area contributed by atoms with Gasteiger partial charge in [0, 0.05) is 13.2 Å². The van der Waals surface area contributed by atoms with Gasteiger partial charge in [0.25, 0.3) is 0 Å². The van der Waals surface area contributed by atoms with Crippen molar-refractivity contribution >= 4 is 0 Å². The van der Waals surface area contributed by atoms with Crippen molar-refractivity contribution in [2.45, 2.75) is 51.4 Å². The van der Waals surface area contributed by atoms with Crippen molar-refractivity contribution in [1.82, 2.24) is 0 Å². The van der Waals surface area contributed by atoms with E-state index < -0.39 is 0 Å². The quantitative estimate of drug-likeness (QED) is 0.0815. The second-order valence-electron chi connectivity index (χ2n) is 13.3. The first-order valence-corrected chi connectivity index (χ1v) is 18.4. The lowest BCUT2D eigenvalue weighted by atomic mass is 9.80. The third kappa shape index (κ3) is 10.7. The van der Waals surface area contributed by atoms with E-state index in [2.05, 4.69) is 36.4 Å². The molecule has 0 saturated carbocycles. The maximum absolute atomic E-state index is 10.7. The summed E-state index contributed by atoms with van der Waals surface area (Å²) >= 11 is 0. The van der Waals surface area contributed by atoms with E-state index in [4.69, 9.17) is 37.9 Å². The van der Waals surface area contributed by atoms with Crippen LogP contribution >= 0.6 is 0 Å². The highest BCUT2D eigenvalue weighted by Gasteiger charge is 2.23. The van der Waals surface area contributed by atoms with Crippen LogP contribution < -0.4 is 37.9 Å². The Labute approximate surface area is 320 Å². The smallest absolute Gasteiger partial charge is 0.203 e. The van der Waals surface area contributed by atoms with E-state index in [9.17, 15) is 10.2 Å². The number of ether oxygens (including phenoxy) is 8. The molecule has 294 valence electrons. The van der Waals surface area contributed by atoms with Gasteiger partial charge in [0.15, 0.2) is 23.0 Å². The molecule has 0 saturated heterocycles. The lowest BCUT2D eigenvalue weighted by molar-refractivity contribution is 0.158. The summed E-state index contributed by atoms with van der Waals surface area (Å²) in [5, 5.41) is 20.5. The van der Waals surface area contributed by atoms with E-state index in [1.165, 1.54) is 0 Å². The summed E-state index contributed by atoms with van der Waals surface area (Å²) in [6.07, 6.45) is 5.90. The maximum Gasteiger partial charge on any atom is 0.203 e. The number of aliphatic hydroxyl groups is 2. The zero-order valence-electron chi connectivity index (χ0n) is 33.2. The average molecular weight is 747 g/mol. The Kier molecular flexibility index (Phi) is 16.5. The molecule has 0 aliphatic carbocycles. The van der Waals surface area contributed by atoms with Crippen LogP contribution in [0.1, 0.15) is 46.2 Å². The molecule has 2 atom stereocenters. The molecule has 0 unspecified atom stereocenters. The molecule has 10 heteroatoms. The van der Waals surface area contributed by atoms with Crippen LogP contribution in [0.3, 0.4) is 0 Å². The molecule has 0 aliphatic heterocycles. The summed E-state index contributed by atoms with van der Waals surface area (Å²) in [5.74, 6) is 5.42. The zero-order chi connectivity index (χ0) is 39.0. The van der Waals surface area contributed by atoms with Crippen LogP contribution in [0.4, 0.5) is 0 Å². The number of benzene rings is 4. The largest absolute Gasteiger partial charge is 0.496 e. The number of hydrogen-bond donors (Lipinski definition) is 2. The van der Waals surface area contributed by atoms with Crippen molar-refractivity contribution in [3.63, 3.8) is 0 Å². The van der Waals surface area contributed by atoms with E-state index in [1.54, 1.807) is 56.9 Å². The maximum atomic E-state index is 10.7. The van der Waals surface area contributed by atoms with Gasteiger partial charge < -0.3 is 48.1 Å². The normalized spacial score (nSPS) is 12.1. The summed E-state index contributed by atoms with van der Waals surface area (Å²) < 4.78 is 44.9. The first-order valence-electron chi connectivity index (χ1n) is 18.4. The Hall–Kier alpha value is -4.80. The Balaban J connectivity index is 1.47. The standard InChI is InChI=1S/C44H58O10/c1-47-37-22-29(11-15-33(37)17-13-31-24-39(49-3)43(53-7)40(25-31)50-4)20-35(10-9-19-45)36(28-46)21-30-12-16-34(38(23-30)48-2)18-14-32-26-41(51-5)44(54-8)42(27-32)52-6/h11-12,15-16,22-27,35-36,45-46H,9-10,13-14,17-21,28H2,1-8H3/t35-,36+/m0/s1. The molecule has 0 spiro atoms. The molecule has 10 nitrogen and oxygen atoms in total. The van der Waals surface area contributed by atoms with Crippen LogP contribution in [0.2, 0.25) is 0 Å². The molecule has 0 heterocycles. The van der Waals surface area contributed by atoms with E-state index in [0.717, 1.165) is 83.4 Å². The Morgan fingerprint density at radius 2 is 0.796 bits per heavy atom. The highest BCUT2D eigenvalue weighted by Crippen LogP contribution is 2.40. The summed E-state index contributed by atoms with van der Waals surface area (Å²) in [7, 11) is 13.1. The molecule has 0 bridgehead atoms. The van der Waals surface area contributed by atoms with Crippen molar-refractivity contribution in [3.8, 4) is 46.0 Å². The van der Waals surface area contributed by atoms with Gasteiger partial charge in [0.05, 0.1) is 56.9 Å². The van der Waals surface area contributed by atoms with E-state index >= 15 is 0 Å². The fourth-order valence-electron chi connectivity index (χ4n) is 7.21. The van der Waals surface area contributed by atoms with Gasteiger partial charge in [-0.3, -0.25) is 0 Å². The lowest BCUT2D eigenvalue weighted by Crippen LogP contribution is -2.24. The Bertz CT molecular complexity index is 1720.